The molecular weight excluding hydrogens is 257 g/mol. The van der Waals surface area contributed by atoms with E-state index in [9.17, 15) is 4.39 Å². The van der Waals surface area contributed by atoms with Gasteiger partial charge in [0.15, 0.2) is 11.4 Å². The predicted octanol–water partition coefficient (Wildman–Crippen LogP) is 4.04. The molecule has 1 unspecified atom stereocenters. The first-order valence-electron chi connectivity index (χ1n) is 6.66. The van der Waals surface area contributed by atoms with Gasteiger partial charge in [-0.2, -0.15) is 0 Å². The number of aryl methyl sites for hydroxylation is 1. The van der Waals surface area contributed by atoms with Gasteiger partial charge in [-0.25, -0.2) is 4.39 Å². The number of benzene rings is 1. The van der Waals surface area contributed by atoms with Gasteiger partial charge in [-0.1, -0.05) is 19.1 Å². The van der Waals surface area contributed by atoms with Crippen LogP contribution < -0.4 is 5.32 Å². The van der Waals surface area contributed by atoms with E-state index in [1.807, 2.05) is 38.2 Å². The van der Waals surface area contributed by atoms with Gasteiger partial charge in [-0.05, 0) is 31.3 Å². The maximum absolute atomic E-state index is 13.7. The number of para-hydroxylation sites is 1. The highest BCUT2D eigenvalue weighted by Gasteiger charge is 2.21. The minimum absolute atomic E-state index is 0.220. The molecule has 2 aromatic heterocycles. The number of halogens is 1. The molecule has 0 amide bonds. The summed E-state index contributed by atoms with van der Waals surface area (Å²) >= 11 is 0. The van der Waals surface area contributed by atoms with Gasteiger partial charge in [0.25, 0.3) is 0 Å². The third kappa shape index (κ3) is 2.12. The number of hydrogen-bond acceptors (Lipinski definition) is 3. The normalized spacial score (nSPS) is 12.9. The molecule has 0 spiro atoms. The largest absolute Gasteiger partial charge is 0.464 e. The van der Waals surface area contributed by atoms with Crippen molar-refractivity contribution < 1.29 is 13.2 Å². The molecule has 3 nitrogen and oxygen atoms in total. The van der Waals surface area contributed by atoms with Crippen molar-refractivity contribution in [3.63, 3.8) is 0 Å². The maximum Gasteiger partial charge on any atom is 0.169 e. The van der Waals surface area contributed by atoms with Crippen LogP contribution in [0.5, 0.6) is 0 Å². The van der Waals surface area contributed by atoms with E-state index in [-0.39, 0.29) is 17.4 Å². The molecule has 0 bridgehead atoms. The van der Waals surface area contributed by atoms with Crippen molar-refractivity contribution in [3.8, 4) is 0 Å². The van der Waals surface area contributed by atoms with Crippen LogP contribution >= 0.6 is 0 Å². The highest BCUT2D eigenvalue weighted by molar-refractivity contribution is 5.78. The molecule has 0 radical (unpaired) electrons. The second-order valence-corrected chi connectivity index (χ2v) is 4.69. The standard InChI is InChI=1S/C16H16FNO2/c1-3-11-7-8-13(19-11)15(18-2)14-9-10-5-4-6-12(17)16(10)20-14/h4-9,15,18H,3H2,1-2H3. The van der Waals surface area contributed by atoms with Crippen LogP contribution in [0.15, 0.2) is 45.2 Å². The molecule has 0 aliphatic carbocycles. The molecule has 0 saturated heterocycles. The predicted molar refractivity (Wildman–Crippen MR) is 75.2 cm³/mol. The Balaban J connectivity index is 2.04. The van der Waals surface area contributed by atoms with Gasteiger partial charge in [0.2, 0.25) is 0 Å². The summed E-state index contributed by atoms with van der Waals surface area (Å²) in [5.74, 6) is 1.98. The number of hydrogen-bond donors (Lipinski definition) is 1. The van der Waals surface area contributed by atoms with Gasteiger partial charge < -0.3 is 14.2 Å². The van der Waals surface area contributed by atoms with E-state index in [4.69, 9.17) is 8.83 Å². The van der Waals surface area contributed by atoms with Crippen LogP contribution in [0.3, 0.4) is 0 Å². The van der Waals surface area contributed by atoms with Gasteiger partial charge in [-0.15, -0.1) is 0 Å². The summed E-state index contributed by atoms with van der Waals surface area (Å²) in [5, 5.41) is 3.89. The van der Waals surface area contributed by atoms with Crippen molar-refractivity contribution in [2.24, 2.45) is 0 Å². The van der Waals surface area contributed by atoms with Crippen LogP contribution in [0.2, 0.25) is 0 Å². The Labute approximate surface area is 116 Å². The van der Waals surface area contributed by atoms with Crippen LogP contribution in [0.4, 0.5) is 4.39 Å². The Hall–Kier alpha value is -2.07. The van der Waals surface area contributed by atoms with Gasteiger partial charge in [-0.3, -0.25) is 0 Å². The first kappa shape index (κ1) is 12.9. The second-order valence-electron chi connectivity index (χ2n) is 4.69. The molecule has 0 aliphatic heterocycles. The molecule has 1 atom stereocenters. The highest BCUT2D eigenvalue weighted by atomic mass is 19.1. The molecule has 0 saturated carbocycles. The van der Waals surface area contributed by atoms with E-state index in [1.165, 1.54) is 6.07 Å². The molecule has 0 fully saturated rings. The zero-order valence-corrected chi connectivity index (χ0v) is 11.4. The third-order valence-corrected chi connectivity index (χ3v) is 3.40. The molecule has 0 aliphatic rings. The van der Waals surface area contributed by atoms with E-state index in [1.54, 1.807) is 6.07 Å². The fraction of sp³-hybridized carbons (Fsp3) is 0.250. The van der Waals surface area contributed by atoms with E-state index in [0.717, 1.165) is 23.3 Å². The molecule has 1 aromatic carbocycles. The lowest BCUT2D eigenvalue weighted by Crippen LogP contribution is -2.16. The van der Waals surface area contributed by atoms with Crippen LogP contribution in [0.25, 0.3) is 11.0 Å². The molecule has 104 valence electrons. The van der Waals surface area contributed by atoms with E-state index < -0.39 is 0 Å². The van der Waals surface area contributed by atoms with Gasteiger partial charge in [0.1, 0.15) is 23.3 Å². The first-order valence-corrected chi connectivity index (χ1v) is 6.66. The Morgan fingerprint density at radius 1 is 1.15 bits per heavy atom. The van der Waals surface area contributed by atoms with Crippen LogP contribution in [-0.4, -0.2) is 7.05 Å². The lowest BCUT2D eigenvalue weighted by atomic mass is 10.1. The average Bonchev–Trinajstić information content (AvgIpc) is 3.07. The quantitative estimate of drug-likeness (QED) is 0.779. The molecule has 4 heteroatoms. The number of fused-ring (bicyclic) bond motifs is 1. The van der Waals surface area contributed by atoms with Crippen molar-refractivity contribution in [1.29, 1.82) is 0 Å². The second kappa shape index (κ2) is 5.13. The summed E-state index contributed by atoms with van der Waals surface area (Å²) in [6, 6.07) is 10.4. The van der Waals surface area contributed by atoms with E-state index in [0.29, 0.717) is 5.76 Å². The molecule has 3 aromatic rings. The zero-order valence-electron chi connectivity index (χ0n) is 11.4. The number of rotatable bonds is 4. The lowest BCUT2D eigenvalue weighted by molar-refractivity contribution is 0.395. The lowest BCUT2D eigenvalue weighted by Gasteiger charge is -2.10. The number of furan rings is 2. The molecular formula is C16H16FNO2. The van der Waals surface area contributed by atoms with Gasteiger partial charge >= 0.3 is 0 Å². The fourth-order valence-corrected chi connectivity index (χ4v) is 2.35. The van der Waals surface area contributed by atoms with Crippen molar-refractivity contribution in [3.05, 3.63) is 59.5 Å². The Bertz CT molecular complexity index is 729. The van der Waals surface area contributed by atoms with Crippen molar-refractivity contribution in [2.45, 2.75) is 19.4 Å². The Morgan fingerprint density at radius 3 is 2.65 bits per heavy atom. The minimum atomic E-state index is -0.350. The monoisotopic (exact) mass is 273 g/mol. The summed E-state index contributed by atoms with van der Waals surface area (Å²) in [7, 11) is 1.82. The summed E-state index contributed by atoms with van der Waals surface area (Å²) in [4.78, 5) is 0. The Kier molecular flexibility index (Phi) is 3.32. The van der Waals surface area contributed by atoms with Crippen molar-refractivity contribution in [1.82, 2.24) is 5.32 Å². The van der Waals surface area contributed by atoms with Crippen molar-refractivity contribution in [2.75, 3.05) is 7.05 Å². The highest BCUT2D eigenvalue weighted by Crippen LogP contribution is 2.30. The average molecular weight is 273 g/mol. The van der Waals surface area contributed by atoms with E-state index >= 15 is 0 Å². The third-order valence-electron chi connectivity index (χ3n) is 3.40. The molecule has 1 N–H and O–H groups in total. The fourth-order valence-electron chi connectivity index (χ4n) is 2.35. The van der Waals surface area contributed by atoms with Gasteiger partial charge in [0.05, 0.1) is 0 Å². The number of nitrogens with one attached hydrogen (secondary N) is 1. The van der Waals surface area contributed by atoms with Crippen LogP contribution in [-0.2, 0) is 6.42 Å². The first-order chi connectivity index (χ1) is 9.72. The molecule has 2 heterocycles. The Morgan fingerprint density at radius 2 is 2.00 bits per heavy atom. The summed E-state index contributed by atoms with van der Waals surface area (Å²) < 4.78 is 25.1. The maximum atomic E-state index is 13.7. The zero-order chi connectivity index (χ0) is 14.1. The van der Waals surface area contributed by atoms with Crippen molar-refractivity contribution >= 4 is 11.0 Å². The SMILES string of the molecule is CCc1ccc(C(NC)c2cc3cccc(F)c3o2)o1. The topological polar surface area (TPSA) is 38.3 Å². The smallest absolute Gasteiger partial charge is 0.169 e. The summed E-state index contributed by atoms with van der Waals surface area (Å²) in [6.07, 6.45) is 0.838. The molecule has 3 rings (SSSR count). The minimum Gasteiger partial charge on any atom is -0.464 e. The van der Waals surface area contributed by atoms with Crippen LogP contribution in [0, 0.1) is 5.82 Å². The van der Waals surface area contributed by atoms with Crippen LogP contribution in [0.1, 0.15) is 30.2 Å². The summed E-state index contributed by atoms with van der Waals surface area (Å²) in [6.45, 7) is 2.04. The molecule has 20 heavy (non-hydrogen) atoms. The van der Waals surface area contributed by atoms with E-state index in [2.05, 4.69) is 5.32 Å². The summed E-state index contributed by atoms with van der Waals surface area (Å²) in [5.41, 5.74) is 0.282. The van der Waals surface area contributed by atoms with Gasteiger partial charge in [0, 0.05) is 11.8 Å².